The van der Waals surface area contributed by atoms with Crippen LogP contribution in [0.4, 0.5) is 0 Å². The molecule has 0 radical (unpaired) electrons. The van der Waals surface area contributed by atoms with Crippen LogP contribution in [-0.4, -0.2) is 40.2 Å². The summed E-state index contributed by atoms with van der Waals surface area (Å²) in [6, 6.07) is 8.50. The highest BCUT2D eigenvalue weighted by atomic mass is 32.2. The van der Waals surface area contributed by atoms with Crippen molar-refractivity contribution < 1.29 is 9.63 Å². The first-order valence-electron chi connectivity index (χ1n) is 7.58. The Kier molecular flexibility index (Phi) is 3.60. The van der Waals surface area contributed by atoms with Crippen molar-refractivity contribution >= 4 is 28.6 Å². The summed E-state index contributed by atoms with van der Waals surface area (Å²) in [5.74, 6) is 1.51. The highest BCUT2D eigenvalue weighted by Crippen LogP contribution is 2.38. The van der Waals surface area contributed by atoms with Crippen LogP contribution in [0.3, 0.4) is 0 Å². The van der Waals surface area contributed by atoms with Gasteiger partial charge >= 0.3 is 0 Å². The number of carbonyl (C=O) groups excluding carboxylic acids is 1. The fourth-order valence-corrected chi connectivity index (χ4v) is 4.37. The van der Waals surface area contributed by atoms with Gasteiger partial charge in [-0.2, -0.15) is 5.06 Å². The molecule has 2 aromatic rings. The standard InChI is InChI=1S/C16H19N3O2S/c1-10(20)17-14-8-22-9-21-19-7-6-12-11-4-2-3-5-13(11)18-15(12)16(14)19/h2-5,14,16,18H,6-9H2,1H3,(H,17,20). The van der Waals surface area contributed by atoms with Gasteiger partial charge < -0.3 is 10.3 Å². The van der Waals surface area contributed by atoms with Crippen molar-refractivity contribution in [1.29, 1.82) is 0 Å². The van der Waals surface area contributed by atoms with Crippen LogP contribution in [0.5, 0.6) is 0 Å². The number of nitrogens with one attached hydrogen (secondary N) is 2. The number of nitrogens with zero attached hydrogens (tertiary/aromatic N) is 1. The van der Waals surface area contributed by atoms with Crippen LogP contribution in [0.2, 0.25) is 0 Å². The lowest BCUT2D eigenvalue weighted by atomic mass is 9.94. The number of hydrogen-bond donors (Lipinski definition) is 2. The van der Waals surface area contributed by atoms with Crippen molar-refractivity contribution in [2.24, 2.45) is 0 Å². The number of amides is 1. The first-order valence-corrected chi connectivity index (χ1v) is 8.73. The van der Waals surface area contributed by atoms with Gasteiger partial charge in [-0.25, -0.2) is 0 Å². The number of hydrogen-bond acceptors (Lipinski definition) is 4. The summed E-state index contributed by atoms with van der Waals surface area (Å²) in [6.45, 7) is 2.44. The Morgan fingerprint density at radius 2 is 2.32 bits per heavy atom. The minimum Gasteiger partial charge on any atom is -0.357 e. The van der Waals surface area contributed by atoms with Crippen LogP contribution >= 0.6 is 11.8 Å². The predicted octanol–water partition coefficient (Wildman–Crippen LogP) is 2.21. The van der Waals surface area contributed by atoms with Gasteiger partial charge in [0.05, 0.1) is 12.1 Å². The van der Waals surface area contributed by atoms with Gasteiger partial charge in [0.25, 0.3) is 0 Å². The number of rotatable bonds is 1. The molecule has 6 heteroatoms. The summed E-state index contributed by atoms with van der Waals surface area (Å²) >= 11 is 1.72. The smallest absolute Gasteiger partial charge is 0.217 e. The average molecular weight is 317 g/mol. The second-order valence-electron chi connectivity index (χ2n) is 5.82. The van der Waals surface area contributed by atoms with Crippen LogP contribution in [0, 0.1) is 0 Å². The number of fused-ring (bicyclic) bond motifs is 5. The van der Waals surface area contributed by atoms with E-state index in [9.17, 15) is 4.79 Å². The van der Waals surface area contributed by atoms with E-state index in [4.69, 9.17) is 4.84 Å². The molecule has 116 valence electrons. The Balaban J connectivity index is 1.81. The molecule has 3 heterocycles. The van der Waals surface area contributed by atoms with Crippen molar-refractivity contribution in [3.63, 3.8) is 0 Å². The number of thioether (sulfide) groups is 1. The van der Waals surface area contributed by atoms with Crippen LogP contribution < -0.4 is 5.32 Å². The molecule has 1 aromatic heterocycles. The number of aromatic amines is 1. The van der Waals surface area contributed by atoms with Crippen molar-refractivity contribution in [3.05, 3.63) is 35.5 Å². The molecule has 22 heavy (non-hydrogen) atoms. The highest BCUT2D eigenvalue weighted by molar-refractivity contribution is 7.99. The molecule has 1 fully saturated rings. The van der Waals surface area contributed by atoms with Gasteiger partial charge in [-0.15, -0.1) is 11.8 Å². The molecule has 1 aromatic carbocycles. The fraction of sp³-hybridized carbons (Fsp3) is 0.438. The maximum absolute atomic E-state index is 11.6. The number of carbonyl (C=O) groups is 1. The normalized spacial score (nSPS) is 25.3. The third-order valence-corrected chi connectivity index (χ3v) is 5.27. The van der Waals surface area contributed by atoms with Gasteiger partial charge in [0, 0.05) is 35.8 Å². The van der Waals surface area contributed by atoms with E-state index in [1.165, 1.54) is 16.6 Å². The summed E-state index contributed by atoms with van der Waals surface area (Å²) in [6.07, 6.45) is 0.966. The molecule has 5 nitrogen and oxygen atoms in total. The quantitative estimate of drug-likeness (QED) is 0.847. The zero-order chi connectivity index (χ0) is 15.1. The molecule has 0 bridgehead atoms. The molecule has 2 atom stereocenters. The van der Waals surface area contributed by atoms with E-state index in [0.29, 0.717) is 5.94 Å². The first kappa shape index (κ1) is 14.1. The summed E-state index contributed by atoms with van der Waals surface area (Å²) < 4.78 is 0. The number of benzene rings is 1. The lowest BCUT2D eigenvalue weighted by Gasteiger charge is -2.36. The van der Waals surface area contributed by atoms with E-state index in [1.54, 1.807) is 18.7 Å². The second kappa shape index (κ2) is 5.61. The summed E-state index contributed by atoms with van der Waals surface area (Å²) in [5, 5.41) is 6.43. The molecule has 1 saturated heterocycles. The van der Waals surface area contributed by atoms with Crippen molar-refractivity contribution in [3.8, 4) is 0 Å². The Bertz CT molecular complexity index is 714. The third kappa shape index (κ3) is 2.31. The molecule has 0 spiro atoms. The monoisotopic (exact) mass is 317 g/mol. The second-order valence-corrected chi connectivity index (χ2v) is 6.80. The zero-order valence-corrected chi connectivity index (χ0v) is 13.3. The Hall–Kier alpha value is -1.50. The van der Waals surface area contributed by atoms with Crippen LogP contribution in [0.15, 0.2) is 24.3 Å². The van der Waals surface area contributed by atoms with Gasteiger partial charge in [-0.05, 0) is 18.1 Å². The molecule has 0 saturated carbocycles. The molecule has 2 aliphatic rings. The van der Waals surface area contributed by atoms with Crippen LogP contribution in [0.25, 0.3) is 10.9 Å². The van der Waals surface area contributed by atoms with Crippen LogP contribution in [0.1, 0.15) is 24.2 Å². The van der Waals surface area contributed by atoms with Gasteiger partial charge in [-0.1, -0.05) is 18.2 Å². The van der Waals surface area contributed by atoms with Crippen molar-refractivity contribution in [1.82, 2.24) is 15.4 Å². The lowest BCUT2D eigenvalue weighted by Crippen LogP contribution is -2.48. The Morgan fingerprint density at radius 1 is 1.45 bits per heavy atom. The molecular formula is C16H19N3O2S. The molecule has 4 rings (SSSR count). The SMILES string of the molecule is CC(=O)NC1CSCON2CCc3c([nH]c4ccccc34)C12. The topological polar surface area (TPSA) is 57.4 Å². The maximum Gasteiger partial charge on any atom is 0.217 e. The van der Waals surface area contributed by atoms with Gasteiger partial charge in [0.1, 0.15) is 5.94 Å². The summed E-state index contributed by atoms with van der Waals surface area (Å²) in [5.41, 5.74) is 3.71. The first-order chi connectivity index (χ1) is 10.7. The number of aromatic nitrogens is 1. The molecule has 2 unspecified atom stereocenters. The summed E-state index contributed by atoms with van der Waals surface area (Å²) in [4.78, 5) is 21.1. The minimum absolute atomic E-state index is 0.00989. The lowest BCUT2D eigenvalue weighted by molar-refractivity contribution is -0.178. The van der Waals surface area contributed by atoms with E-state index in [1.807, 2.05) is 11.1 Å². The van der Waals surface area contributed by atoms with Gasteiger partial charge in [-0.3, -0.25) is 9.63 Å². The average Bonchev–Trinajstić information content (AvgIpc) is 2.76. The predicted molar refractivity (Wildman–Crippen MR) is 87.5 cm³/mol. The molecule has 0 aliphatic carbocycles. The van der Waals surface area contributed by atoms with Crippen molar-refractivity contribution in [2.75, 3.05) is 18.2 Å². The van der Waals surface area contributed by atoms with E-state index < -0.39 is 0 Å². The number of hydroxylamine groups is 2. The maximum atomic E-state index is 11.6. The molecule has 2 aliphatic heterocycles. The zero-order valence-electron chi connectivity index (χ0n) is 12.5. The summed E-state index contributed by atoms with van der Waals surface area (Å²) in [7, 11) is 0. The molecule has 2 N–H and O–H groups in total. The van der Waals surface area contributed by atoms with Crippen LogP contribution in [-0.2, 0) is 16.1 Å². The number of para-hydroxylation sites is 1. The van der Waals surface area contributed by atoms with E-state index in [-0.39, 0.29) is 18.0 Å². The largest absolute Gasteiger partial charge is 0.357 e. The number of H-pyrrole nitrogens is 1. The molecular weight excluding hydrogens is 298 g/mol. The van der Waals surface area contributed by atoms with E-state index >= 15 is 0 Å². The van der Waals surface area contributed by atoms with Gasteiger partial charge in [0.2, 0.25) is 5.91 Å². The van der Waals surface area contributed by atoms with Crippen molar-refractivity contribution in [2.45, 2.75) is 25.4 Å². The highest BCUT2D eigenvalue weighted by Gasteiger charge is 2.38. The molecule has 1 amide bonds. The van der Waals surface area contributed by atoms with E-state index in [2.05, 4.69) is 28.5 Å². The van der Waals surface area contributed by atoms with Gasteiger partial charge in [0.15, 0.2) is 0 Å². The van der Waals surface area contributed by atoms with E-state index in [0.717, 1.165) is 24.2 Å². The Labute approximate surface area is 133 Å². The fourth-order valence-electron chi connectivity index (χ4n) is 3.55. The minimum atomic E-state index is 0.00989. The third-order valence-electron chi connectivity index (χ3n) is 4.40. The Morgan fingerprint density at radius 3 is 3.18 bits per heavy atom.